The van der Waals surface area contributed by atoms with Crippen molar-refractivity contribution in [3.63, 3.8) is 0 Å². The summed E-state index contributed by atoms with van der Waals surface area (Å²) in [5, 5.41) is 0. The predicted molar refractivity (Wildman–Crippen MR) is 126 cm³/mol. The van der Waals surface area contributed by atoms with Gasteiger partial charge in [0.1, 0.15) is 0 Å². The van der Waals surface area contributed by atoms with Gasteiger partial charge in [-0.25, -0.2) is 0 Å². The Kier molecular flexibility index (Phi) is 6.80. The standard InChI is InChI=1S/2C10H13.C6H4F.ClH.Sn/c2*1-10(2,3)9-7-5-4-6-8-9;7-6-4-2-1-3-5-6;;/h2*4-8H,1H2,2-3H3;2-5H;1H;/q;;;;+1/p-1. The summed E-state index contributed by atoms with van der Waals surface area (Å²) in [5.41, 5.74) is 2.53. The van der Waals surface area contributed by atoms with Crippen molar-refractivity contribution >= 4 is 29.8 Å². The molecule has 0 aliphatic rings. The molecule has 0 N–H and O–H groups in total. The van der Waals surface area contributed by atoms with Gasteiger partial charge in [0.15, 0.2) is 0 Å². The van der Waals surface area contributed by atoms with Crippen LogP contribution in [-0.4, -0.2) is 17.3 Å². The van der Waals surface area contributed by atoms with Crippen molar-refractivity contribution in [3.8, 4) is 0 Å². The van der Waals surface area contributed by atoms with Crippen LogP contribution in [0.2, 0.25) is 8.87 Å². The molecule has 152 valence electrons. The van der Waals surface area contributed by atoms with Crippen LogP contribution >= 0.6 is 8.92 Å². The van der Waals surface area contributed by atoms with Gasteiger partial charge in [-0.05, 0) is 0 Å². The van der Waals surface area contributed by atoms with Crippen LogP contribution in [0, 0.1) is 5.82 Å². The molecule has 0 spiro atoms. The first-order valence-corrected chi connectivity index (χ1v) is 19.3. The van der Waals surface area contributed by atoms with Gasteiger partial charge in [0.05, 0.1) is 0 Å². The molecule has 0 amide bonds. The van der Waals surface area contributed by atoms with Crippen molar-refractivity contribution in [2.75, 3.05) is 0 Å². The zero-order valence-electron chi connectivity index (χ0n) is 17.8. The number of benzene rings is 3. The van der Waals surface area contributed by atoms with Crippen LogP contribution in [0.25, 0.3) is 0 Å². The molecule has 0 aliphatic heterocycles. The average Bonchev–Trinajstić information content (AvgIpc) is 2.69. The topological polar surface area (TPSA) is 0 Å². The van der Waals surface area contributed by atoms with Crippen LogP contribution in [0.1, 0.15) is 38.8 Å². The SMILES string of the molecule is CC(C)([CH2][Sn]([Cl])([CH2]C(C)(C)c1ccccc1)[c]1ccc(F)cc1)c1ccccc1. The summed E-state index contributed by atoms with van der Waals surface area (Å²) in [6.45, 7) is 9.15. The summed E-state index contributed by atoms with van der Waals surface area (Å²) in [6.07, 6.45) is 0. The first-order valence-electron chi connectivity index (χ1n) is 10.2. The van der Waals surface area contributed by atoms with E-state index >= 15 is 0 Å². The summed E-state index contributed by atoms with van der Waals surface area (Å²) in [4.78, 5) is 0. The molecule has 0 unspecified atom stereocenters. The van der Waals surface area contributed by atoms with Gasteiger partial charge in [0.25, 0.3) is 0 Å². The van der Waals surface area contributed by atoms with Gasteiger partial charge < -0.3 is 0 Å². The van der Waals surface area contributed by atoms with E-state index in [1.807, 2.05) is 12.1 Å². The van der Waals surface area contributed by atoms with Crippen LogP contribution in [0.4, 0.5) is 4.39 Å². The van der Waals surface area contributed by atoms with E-state index < -0.39 is 17.3 Å². The maximum atomic E-state index is 13.7. The molecule has 0 aliphatic carbocycles. The zero-order valence-corrected chi connectivity index (χ0v) is 21.4. The monoisotopic (exact) mass is 516 g/mol. The van der Waals surface area contributed by atoms with Gasteiger partial charge in [-0.3, -0.25) is 0 Å². The van der Waals surface area contributed by atoms with Crippen LogP contribution in [0.5, 0.6) is 0 Å². The molecule has 0 saturated heterocycles. The summed E-state index contributed by atoms with van der Waals surface area (Å²) in [6, 6.07) is 28.2. The Morgan fingerprint density at radius 3 is 1.41 bits per heavy atom. The molecule has 3 aromatic rings. The Hall–Kier alpha value is -1.32. The van der Waals surface area contributed by atoms with Crippen LogP contribution < -0.4 is 3.58 Å². The normalized spacial score (nSPS) is 12.8. The van der Waals surface area contributed by atoms with E-state index in [9.17, 15) is 4.39 Å². The second-order valence-electron chi connectivity index (χ2n) is 9.33. The number of halogens is 2. The third-order valence-corrected chi connectivity index (χ3v) is 21.3. The van der Waals surface area contributed by atoms with Crippen molar-refractivity contribution in [1.82, 2.24) is 0 Å². The van der Waals surface area contributed by atoms with E-state index in [1.165, 1.54) is 14.7 Å². The molecule has 0 fully saturated rings. The first-order chi connectivity index (χ1) is 13.6. The molecule has 3 heteroatoms. The maximum absolute atomic E-state index is 13.7. The van der Waals surface area contributed by atoms with E-state index in [1.54, 1.807) is 12.1 Å². The number of hydrogen-bond acceptors (Lipinski definition) is 0. The molecule has 0 radical (unpaired) electrons. The van der Waals surface area contributed by atoms with E-state index in [0.29, 0.717) is 0 Å². The van der Waals surface area contributed by atoms with Crippen LogP contribution in [-0.2, 0) is 10.8 Å². The van der Waals surface area contributed by atoms with Crippen LogP contribution in [0.15, 0.2) is 84.9 Å². The van der Waals surface area contributed by atoms with Crippen molar-refractivity contribution in [1.29, 1.82) is 0 Å². The fraction of sp³-hybridized carbons (Fsp3) is 0.308. The van der Waals surface area contributed by atoms with Gasteiger partial charge in [0, 0.05) is 0 Å². The predicted octanol–water partition coefficient (Wildman–Crippen LogP) is 7.17. The van der Waals surface area contributed by atoms with E-state index in [2.05, 4.69) is 88.4 Å². The molecule has 3 aromatic carbocycles. The summed E-state index contributed by atoms with van der Waals surface area (Å²) in [7, 11) is 7.67. The average molecular weight is 516 g/mol. The third-order valence-electron chi connectivity index (χ3n) is 5.92. The van der Waals surface area contributed by atoms with Crippen molar-refractivity contribution in [2.24, 2.45) is 0 Å². The number of rotatable bonds is 7. The van der Waals surface area contributed by atoms with E-state index in [-0.39, 0.29) is 16.6 Å². The van der Waals surface area contributed by atoms with Crippen molar-refractivity contribution < 1.29 is 4.39 Å². The fourth-order valence-corrected chi connectivity index (χ4v) is 22.6. The second kappa shape index (κ2) is 8.81. The van der Waals surface area contributed by atoms with Gasteiger partial charge in [-0.1, -0.05) is 0 Å². The molecule has 0 aromatic heterocycles. The summed E-state index contributed by atoms with van der Waals surface area (Å²) < 4.78 is 16.7. The van der Waals surface area contributed by atoms with Gasteiger partial charge in [-0.2, -0.15) is 0 Å². The summed E-state index contributed by atoms with van der Waals surface area (Å²) >= 11 is -3.42. The quantitative estimate of drug-likeness (QED) is 0.293. The first kappa shape index (κ1) is 22.4. The zero-order chi connectivity index (χ0) is 21.1. The van der Waals surface area contributed by atoms with E-state index in [4.69, 9.17) is 8.92 Å². The molecule has 29 heavy (non-hydrogen) atoms. The summed E-state index contributed by atoms with van der Waals surface area (Å²) in [5.74, 6) is -0.205. The second-order valence-corrected chi connectivity index (χ2v) is 23.4. The molecule has 0 saturated carbocycles. The molecule has 0 heterocycles. The Labute approximate surface area is 182 Å². The van der Waals surface area contributed by atoms with Crippen LogP contribution in [0.3, 0.4) is 0 Å². The number of hydrogen-bond donors (Lipinski definition) is 0. The molecular weight excluding hydrogens is 485 g/mol. The molecule has 0 bridgehead atoms. The fourth-order valence-electron chi connectivity index (χ4n) is 4.40. The van der Waals surface area contributed by atoms with Gasteiger partial charge >= 0.3 is 183 Å². The molecule has 0 atom stereocenters. The third kappa shape index (κ3) is 5.43. The minimum absolute atomic E-state index is 0.0414. The Morgan fingerprint density at radius 2 is 1.03 bits per heavy atom. The van der Waals surface area contributed by atoms with Crippen molar-refractivity contribution in [2.45, 2.75) is 47.4 Å². The Balaban J connectivity index is 2.01. The Bertz CT molecular complexity index is 864. The minimum atomic E-state index is -3.42. The molecular formula is C26H30ClFSn. The molecule has 3 rings (SSSR count). The van der Waals surface area contributed by atoms with E-state index in [0.717, 1.165) is 8.87 Å². The Morgan fingerprint density at radius 1 is 0.655 bits per heavy atom. The van der Waals surface area contributed by atoms with Gasteiger partial charge in [-0.15, -0.1) is 0 Å². The van der Waals surface area contributed by atoms with Gasteiger partial charge in [0.2, 0.25) is 0 Å². The molecule has 0 nitrogen and oxygen atoms in total. The van der Waals surface area contributed by atoms with Crippen molar-refractivity contribution in [3.05, 3.63) is 102 Å².